The first kappa shape index (κ1) is 20.9. The number of amides is 1. The van der Waals surface area contributed by atoms with Crippen LogP contribution >= 0.6 is 0 Å². The fourth-order valence-corrected chi connectivity index (χ4v) is 4.13. The molecule has 0 radical (unpaired) electrons. The van der Waals surface area contributed by atoms with Gasteiger partial charge in [0.2, 0.25) is 5.82 Å². The third-order valence-electron chi connectivity index (χ3n) is 5.81. The zero-order chi connectivity index (χ0) is 21.8. The second-order valence-electron chi connectivity index (χ2n) is 7.59. The molecule has 0 N–H and O–H groups in total. The molecule has 1 aromatic heterocycles. The lowest BCUT2D eigenvalue weighted by molar-refractivity contribution is 0.0608. The molecule has 1 amide bonds. The summed E-state index contributed by atoms with van der Waals surface area (Å²) in [4.78, 5) is 20.0. The minimum absolute atomic E-state index is 0.0213. The maximum Gasteiger partial charge on any atom is 0.259 e. The largest absolute Gasteiger partial charge is 0.493 e. The van der Waals surface area contributed by atoms with Crippen LogP contribution in [0.25, 0.3) is 22.8 Å². The predicted octanol–water partition coefficient (Wildman–Crippen LogP) is 4.83. The summed E-state index contributed by atoms with van der Waals surface area (Å²) in [5.41, 5.74) is 1.97. The average molecular weight is 421 g/mol. The molecule has 1 fully saturated rings. The topological polar surface area (TPSA) is 77.7 Å². The van der Waals surface area contributed by atoms with E-state index < -0.39 is 0 Å². The Labute approximate surface area is 182 Å². The second-order valence-corrected chi connectivity index (χ2v) is 7.59. The van der Waals surface area contributed by atoms with Crippen molar-refractivity contribution < 1.29 is 18.8 Å². The van der Waals surface area contributed by atoms with E-state index in [1.807, 2.05) is 35.2 Å². The Bertz CT molecular complexity index is 1060. The van der Waals surface area contributed by atoms with Crippen LogP contribution in [0.4, 0.5) is 0 Å². The second kappa shape index (κ2) is 9.20. The number of hydrogen-bond acceptors (Lipinski definition) is 6. The van der Waals surface area contributed by atoms with Crippen molar-refractivity contribution in [2.75, 3.05) is 20.8 Å². The van der Waals surface area contributed by atoms with E-state index in [9.17, 15) is 4.79 Å². The lowest BCUT2D eigenvalue weighted by Crippen LogP contribution is -2.43. The highest BCUT2D eigenvalue weighted by Gasteiger charge is 2.28. The van der Waals surface area contributed by atoms with Gasteiger partial charge in [0.1, 0.15) is 0 Å². The van der Waals surface area contributed by atoms with Crippen LogP contribution in [-0.2, 0) is 0 Å². The molecule has 4 rings (SSSR count). The monoisotopic (exact) mass is 421 g/mol. The van der Waals surface area contributed by atoms with Crippen LogP contribution in [0, 0.1) is 0 Å². The molecule has 0 spiro atoms. The molecule has 2 aromatic carbocycles. The lowest BCUT2D eigenvalue weighted by atomic mass is 9.97. The van der Waals surface area contributed by atoms with Gasteiger partial charge in [0.05, 0.1) is 25.3 Å². The van der Waals surface area contributed by atoms with Gasteiger partial charge in [0.25, 0.3) is 11.8 Å². The molecule has 7 heteroatoms. The minimum atomic E-state index is 0.0213. The molecule has 0 saturated carbocycles. The van der Waals surface area contributed by atoms with E-state index in [0.29, 0.717) is 34.3 Å². The van der Waals surface area contributed by atoms with Gasteiger partial charge in [0, 0.05) is 18.2 Å². The minimum Gasteiger partial charge on any atom is -0.493 e. The van der Waals surface area contributed by atoms with E-state index in [2.05, 4.69) is 17.1 Å². The number of carbonyl (C=O) groups excluding carboxylic acids is 1. The Hall–Kier alpha value is -3.35. The predicted molar refractivity (Wildman–Crippen MR) is 117 cm³/mol. The van der Waals surface area contributed by atoms with Crippen LogP contribution < -0.4 is 9.47 Å². The van der Waals surface area contributed by atoms with Crippen molar-refractivity contribution in [3.05, 3.63) is 48.0 Å². The van der Waals surface area contributed by atoms with Gasteiger partial charge in [0.15, 0.2) is 11.5 Å². The first-order valence-corrected chi connectivity index (χ1v) is 10.6. The maximum atomic E-state index is 13.4. The molecule has 0 bridgehead atoms. The number of aromatic nitrogens is 2. The van der Waals surface area contributed by atoms with Gasteiger partial charge in [-0.15, -0.1) is 0 Å². The summed E-state index contributed by atoms with van der Waals surface area (Å²) in [6.07, 6.45) is 4.21. The van der Waals surface area contributed by atoms with E-state index in [-0.39, 0.29) is 11.9 Å². The summed E-state index contributed by atoms with van der Waals surface area (Å²) < 4.78 is 16.2. The number of rotatable bonds is 6. The molecule has 162 valence electrons. The molecule has 1 atom stereocenters. The van der Waals surface area contributed by atoms with Gasteiger partial charge in [-0.1, -0.05) is 24.2 Å². The standard InChI is InChI=1S/C24H27N3O4/c1-4-17-9-7-8-14-27(17)24(28)19-11-6-5-10-18(19)23-25-22(26-31-23)16-12-13-20(29-2)21(15-16)30-3/h5-6,10-13,15,17H,4,7-9,14H2,1-3H3. The van der Waals surface area contributed by atoms with Crippen molar-refractivity contribution in [1.29, 1.82) is 0 Å². The Morgan fingerprint density at radius 3 is 2.71 bits per heavy atom. The lowest BCUT2D eigenvalue weighted by Gasteiger charge is -2.35. The average Bonchev–Trinajstić information content (AvgIpc) is 3.33. The Morgan fingerprint density at radius 2 is 1.94 bits per heavy atom. The van der Waals surface area contributed by atoms with E-state index >= 15 is 0 Å². The summed E-state index contributed by atoms with van der Waals surface area (Å²) in [7, 11) is 3.17. The van der Waals surface area contributed by atoms with Gasteiger partial charge in [-0.05, 0) is 56.0 Å². The normalized spacial score (nSPS) is 16.2. The van der Waals surface area contributed by atoms with Gasteiger partial charge in [-0.3, -0.25) is 4.79 Å². The SMILES string of the molecule is CCC1CCCCN1C(=O)c1ccccc1-c1nc(-c2ccc(OC)c(OC)c2)no1. The van der Waals surface area contributed by atoms with Crippen molar-refractivity contribution >= 4 is 5.91 Å². The number of methoxy groups -OCH3 is 2. The third-order valence-corrected chi connectivity index (χ3v) is 5.81. The quantitative estimate of drug-likeness (QED) is 0.568. The summed E-state index contributed by atoms with van der Waals surface area (Å²) in [6, 6.07) is 13.1. The number of benzene rings is 2. The molecule has 7 nitrogen and oxygen atoms in total. The van der Waals surface area contributed by atoms with E-state index in [0.717, 1.165) is 31.4 Å². The van der Waals surface area contributed by atoms with Crippen LogP contribution in [0.5, 0.6) is 11.5 Å². The van der Waals surface area contributed by atoms with Crippen LogP contribution in [0.1, 0.15) is 43.0 Å². The van der Waals surface area contributed by atoms with Crippen LogP contribution in [-0.4, -0.2) is 47.8 Å². The highest BCUT2D eigenvalue weighted by molar-refractivity contribution is 6.00. The van der Waals surface area contributed by atoms with Gasteiger partial charge < -0.3 is 18.9 Å². The maximum absolute atomic E-state index is 13.4. The number of hydrogen-bond donors (Lipinski definition) is 0. The Kier molecular flexibility index (Phi) is 6.21. The van der Waals surface area contributed by atoms with Crippen molar-refractivity contribution in [1.82, 2.24) is 15.0 Å². The fraction of sp³-hybridized carbons (Fsp3) is 0.375. The third kappa shape index (κ3) is 4.13. The van der Waals surface area contributed by atoms with Crippen molar-refractivity contribution in [3.63, 3.8) is 0 Å². The van der Waals surface area contributed by atoms with E-state index in [1.165, 1.54) is 6.42 Å². The number of piperidine rings is 1. The van der Waals surface area contributed by atoms with Crippen molar-refractivity contribution in [2.45, 2.75) is 38.6 Å². The zero-order valence-electron chi connectivity index (χ0n) is 18.1. The van der Waals surface area contributed by atoms with Crippen LogP contribution in [0.15, 0.2) is 47.0 Å². The van der Waals surface area contributed by atoms with Gasteiger partial charge >= 0.3 is 0 Å². The number of likely N-dealkylation sites (tertiary alicyclic amines) is 1. The number of ether oxygens (including phenoxy) is 2. The molecule has 3 aromatic rings. The highest BCUT2D eigenvalue weighted by Crippen LogP contribution is 2.33. The molecule has 1 unspecified atom stereocenters. The smallest absolute Gasteiger partial charge is 0.259 e. The van der Waals surface area contributed by atoms with Gasteiger partial charge in [-0.25, -0.2) is 0 Å². The molecule has 1 saturated heterocycles. The summed E-state index contributed by atoms with van der Waals surface area (Å²) in [5, 5.41) is 4.13. The Morgan fingerprint density at radius 1 is 1.13 bits per heavy atom. The summed E-state index contributed by atoms with van der Waals surface area (Å²) in [5.74, 6) is 1.96. The molecular weight excluding hydrogens is 394 g/mol. The molecule has 1 aliphatic heterocycles. The van der Waals surface area contributed by atoms with E-state index in [4.69, 9.17) is 14.0 Å². The fourth-order valence-electron chi connectivity index (χ4n) is 4.13. The first-order valence-electron chi connectivity index (χ1n) is 10.6. The van der Waals surface area contributed by atoms with Crippen LogP contribution in [0.3, 0.4) is 0 Å². The molecular formula is C24H27N3O4. The summed E-state index contributed by atoms with van der Waals surface area (Å²) >= 11 is 0. The molecule has 1 aliphatic rings. The molecule has 31 heavy (non-hydrogen) atoms. The van der Waals surface area contributed by atoms with Crippen LogP contribution in [0.2, 0.25) is 0 Å². The van der Waals surface area contributed by atoms with E-state index in [1.54, 1.807) is 26.4 Å². The molecule has 2 heterocycles. The van der Waals surface area contributed by atoms with Crippen molar-refractivity contribution in [2.24, 2.45) is 0 Å². The molecule has 0 aliphatic carbocycles. The van der Waals surface area contributed by atoms with Crippen molar-refractivity contribution in [3.8, 4) is 34.3 Å². The first-order chi connectivity index (χ1) is 15.2. The van der Waals surface area contributed by atoms with Gasteiger partial charge in [-0.2, -0.15) is 4.98 Å². The Balaban J connectivity index is 1.67. The highest BCUT2D eigenvalue weighted by atomic mass is 16.5. The zero-order valence-corrected chi connectivity index (χ0v) is 18.1. The number of nitrogens with zero attached hydrogens (tertiary/aromatic N) is 3. The number of carbonyl (C=O) groups is 1. The summed E-state index contributed by atoms with van der Waals surface area (Å²) in [6.45, 7) is 2.92.